The van der Waals surface area contributed by atoms with Gasteiger partial charge < -0.3 is 39.9 Å². The van der Waals surface area contributed by atoms with Gasteiger partial charge in [-0.25, -0.2) is 4.57 Å². The maximum atomic E-state index is 12.8. The first-order valence-electron chi connectivity index (χ1n) is 22.9. The molecule has 60 heavy (non-hydrogen) atoms. The van der Waals surface area contributed by atoms with Gasteiger partial charge in [-0.2, -0.15) is 0 Å². The standard InChI is InChI=1S/C46H81O13P/c1-3-5-7-9-11-13-15-17-19-21-23-25-27-29-31-33-35-40(48)58-38(37-57-60(54,55)59-46-44(52)42(50)41(49)43(51)45(46)53)36-56-39(47)34-32-30-28-26-24-22-20-18-16-14-12-10-8-6-4-2/h12,14,18-21,24,26,38,41-46,49-53H,3-11,13,15-17,22-23,25,27-37H2,1-2H3,(H,54,55)/b14-12-,20-18-,21-19-,26-24-/t38-,41?,42-,43?,44?,45?,46?/m1/s1. The third-order valence-electron chi connectivity index (χ3n) is 10.4. The minimum Gasteiger partial charge on any atom is -0.462 e. The summed E-state index contributed by atoms with van der Waals surface area (Å²) in [5.74, 6) is -1.16. The average molecular weight is 873 g/mol. The van der Waals surface area contributed by atoms with Crippen molar-refractivity contribution in [2.75, 3.05) is 13.2 Å². The Balaban J connectivity index is 2.50. The van der Waals surface area contributed by atoms with Crippen LogP contribution in [0.15, 0.2) is 48.6 Å². The van der Waals surface area contributed by atoms with Gasteiger partial charge in [0.15, 0.2) is 6.10 Å². The molecule has 0 aromatic carbocycles. The molecule has 8 atom stereocenters. The molecule has 1 fully saturated rings. The topological polar surface area (TPSA) is 210 Å². The summed E-state index contributed by atoms with van der Waals surface area (Å²) in [6.07, 6.45) is 28.8. The number of unbranched alkanes of at least 4 members (excludes halogenated alkanes) is 17. The van der Waals surface area contributed by atoms with E-state index < -0.39 is 75.7 Å². The van der Waals surface area contributed by atoms with Gasteiger partial charge in [-0.1, -0.05) is 133 Å². The van der Waals surface area contributed by atoms with Gasteiger partial charge >= 0.3 is 19.8 Å². The summed E-state index contributed by atoms with van der Waals surface area (Å²) in [6.45, 7) is 3.22. The minimum absolute atomic E-state index is 0.0775. The Morgan fingerprint density at radius 3 is 1.45 bits per heavy atom. The summed E-state index contributed by atoms with van der Waals surface area (Å²) in [4.78, 5) is 35.7. The molecule has 1 aliphatic carbocycles. The molecule has 0 aromatic rings. The summed E-state index contributed by atoms with van der Waals surface area (Å²) in [7, 11) is -5.13. The van der Waals surface area contributed by atoms with Gasteiger partial charge in [0, 0.05) is 12.8 Å². The van der Waals surface area contributed by atoms with E-state index in [0.29, 0.717) is 12.8 Å². The molecule has 1 aliphatic rings. The highest BCUT2D eigenvalue weighted by atomic mass is 31.2. The van der Waals surface area contributed by atoms with Gasteiger partial charge in [-0.3, -0.25) is 18.6 Å². The van der Waals surface area contributed by atoms with Crippen molar-refractivity contribution >= 4 is 19.8 Å². The Kier molecular flexibility index (Phi) is 33.8. The molecule has 14 heteroatoms. The van der Waals surface area contributed by atoms with E-state index in [0.717, 1.165) is 70.6 Å². The smallest absolute Gasteiger partial charge is 0.462 e. The van der Waals surface area contributed by atoms with E-state index >= 15 is 0 Å². The lowest BCUT2D eigenvalue weighted by molar-refractivity contribution is -0.220. The molecule has 0 amide bonds. The van der Waals surface area contributed by atoms with Crippen LogP contribution in [0.2, 0.25) is 0 Å². The molecule has 13 nitrogen and oxygen atoms in total. The lowest BCUT2D eigenvalue weighted by atomic mass is 9.85. The number of allylic oxidation sites excluding steroid dienone is 8. The zero-order valence-electron chi connectivity index (χ0n) is 36.7. The van der Waals surface area contributed by atoms with Crippen LogP contribution in [0.25, 0.3) is 0 Å². The summed E-state index contributed by atoms with van der Waals surface area (Å²) in [6, 6.07) is 0. The molecule has 0 aromatic heterocycles. The Labute approximate surface area is 360 Å². The van der Waals surface area contributed by atoms with E-state index in [1.807, 2.05) is 0 Å². The van der Waals surface area contributed by atoms with Crippen LogP contribution in [0.3, 0.4) is 0 Å². The lowest BCUT2D eigenvalue weighted by Gasteiger charge is -2.41. The summed E-state index contributed by atoms with van der Waals surface area (Å²) in [5.41, 5.74) is 0. The molecule has 1 saturated carbocycles. The highest BCUT2D eigenvalue weighted by Crippen LogP contribution is 2.47. The monoisotopic (exact) mass is 873 g/mol. The van der Waals surface area contributed by atoms with Crippen molar-refractivity contribution in [3.05, 3.63) is 48.6 Å². The number of carbonyl (C=O) groups is 2. The number of hydrogen-bond donors (Lipinski definition) is 6. The van der Waals surface area contributed by atoms with Crippen LogP contribution in [0, 0.1) is 0 Å². The van der Waals surface area contributed by atoms with Gasteiger partial charge in [0.1, 0.15) is 43.2 Å². The number of hydrogen-bond acceptors (Lipinski definition) is 12. The number of aliphatic hydroxyl groups is 5. The van der Waals surface area contributed by atoms with Crippen molar-refractivity contribution < 1.29 is 63.1 Å². The first-order valence-corrected chi connectivity index (χ1v) is 24.4. The van der Waals surface area contributed by atoms with E-state index in [9.17, 15) is 44.6 Å². The van der Waals surface area contributed by atoms with Crippen LogP contribution in [0.4, 0.5) is 0 Å². The number of phosphoric acid groups is 1. The summed E-state index contributed by atoms with van der Waals surface area (Å²) in [5, 5.41) is 50.1. The first-order chi connectivity index (χ1) is 28.9. The third-order valence-corrected chi connectivity index (χ3v) is 11.4. The Morgan fingerprint density at radius 2 is 0.900 bits per heavy atom. The van der Waals surface area contributed by atoms with Gasteiger partial charge in [0.25, 0.3) is 0 Å². The van der Waals surface area contributed by atoms with Crippen LogP contribution >= 0.6 is 7.82 Å². The minimum atomic E-state index is -5.13. The van der Waals surface area contributed by atoms with E-state index in [2.05, 4.69) is 62.5 Å². The molecule has 0 aliphatic heterocycles. The molecule has 348 valence electrons. The summed E-state index contributed by atoms with van der Waals surface area (Å²) >= 11 is 0. The fourth-order valence-electron chi connectivity index (χ4n) is 6.64. The van der Waals surface area contributed by atoms with Crippen molar-refractivity contribution in [1.29, 1.82) is 0 Å². The number of esters is 2. The number of aliphatic hydroxyl groups excluding tert-OH is 5. The zero-order valence-corrected chi connectivity index (χ0v) is 37.6. The summed E-state index contributed by atoms with van der Waals surface area (Å²) < 4.78 is 33.5. The Morgan fingerprint density at radius 1 is 0.517 bits per heavy atom. The molecule has 0 spiro atoms. The van der Waals surface area contributed by atoms with Crippen LogP contribution in [-0.2, 0) is 32.7 Å². The van der Waals surface area contributed by atoms with Gasteiger partial charge in [0.05, 0.1) is 6.61 Å². The third kappa shape index (κ3) is 28.4. The van der Waals surface area contributed by atoms with Crippen LogP contribution in [0.1, 0.15) is 174 Å². The van der Waals surface area contributed by atoms with E-state index in [4.69, 9.17) is 18.5 Å². The fourth-order valence-corrected chi connectivity index (χ4v) is 7.61. The second-order valence-corrected chi connectivity index (χ2v) is 17.3. The van der Waals surface area contributed by atoms with Crippen molar-refractivity contribution in [2.45, 2.75) is 217 Å². The fraction of sp³-hybridized carbons (Fsp3) is 0.783. The quantitative estimate of drug-likeness (QED) is 0.0149. The molecule has 6 unspecified atom stereocenters. The van der Waals surface area contributed by atoms with E-state index in [1.165, 1.54) is 64.2 Å². The van der Waals surface area contributed by atoms with Crippen LogP contribution in [0.5, 0.6) is 0 Å². The van der Waals surface area contributed by atoms with Crippen molar-refractivity contribution in [1.82, 2.24) is 0 Å². The number of ether oxygens (including phenoxy) is 2. The van der Waals surface area contributed by atoms with E-state index in [1.54, 1.807) is 0 Å². The maximum Gasteiger partial charge on any atom is 0.472 e. The molecule has 0 bridgehead atoms. The normalized spacial score (nSPS) is 22.6. The van der Waals surface area contributed by atoms with Gasteiger partial charge in [-0.05, 0) is 77.0 Å². The SMILES string of the molecule is CCCCC/C=C\C/C=C\C/C=C\CCCCC(=O)OC[C@H](COP(=O)(O)OC1C(O)C(O)C(O)[C@@H](O)C1O)OC(=O)CCCCCCC/C=C\CCCCCCCCC. The Bertz CT molecular complexity index is 1240. The zero-order chi connectivity index (χ0) is 44.3. The largest absolute Gasteiger partial charge is 0.472 e. The highest BCUT2D eigenvalue weighted by molar-refractivity contribution is 7.47. The molecular formula is C46H81O13P. The highest BCUT2D eigenvalue weighted by Gasteiger charge is 2.51. The Hall–Kier alpha value is -2.19. The number of carbonyl (C=O) groups excluding carboxylic acids is 2. The van der Waals surface area contributed by atoms with Gasteiger partial charge in [0.2, 0.25) is 0 Å². The van der Waals surface area contributed by atoms with Crippen LogP contribution < -0.4 is 0 Å². The molecule has 0 heterocycles. The first kappa shape index (κ1) is 55.8. The second-order valence-electron chi connectivity index (χ2n) is 15.9. The predicted molar refractivity (Wildman–Crippen MR) is 235 cm³/mol. The molecular weight excluding hydrogens is 791 g/mol. The van der Waals surface area contributed by atoms with Gasteiger partial charge in [-0.15, -0.1) is 0 Å². The van der Waals surface area contributed by atoms with Crippen molar-refractivity contribution in [2.24, 2.45) is 0 Å². The van der Waals surface area contributed by atoms with Crippen LogP contribution in [-0.4, -0.2) is 98.3 Å². The lowest BCUT2D eigenvalue weighted by Crippen LogP contribution is -2.64. The maximum absolute atomic E-state index is 12.8. The predicted octanol–water partition coefficient (Wildman–Crippen LogP) is 8.78. The molecule has 0 radical (unpaired) electrons. The number of phosphoric ester groups is 1. The molecule has 1 rings (SSSR count). The van der Waals surface area contributed by atoms with Crippen molar-refractivity contribution in [3.63, 3.8) is 0 Å². The van der Waals surface area contributed by atoms with Crippen molar-refractivity contribution in [3.8, 4) is 0 Å². The van der Waals surface area contributed by atoms with E-state index in [-0.39, 0.29) is 12.8 Å². The second kappa shape index (κ2) is 36.3. The number of rotatable bonds is 37. The molecule has 0 saturated heterocycles. The molecule has 6 N–H and O–H groups in total. The average Bonchev–Trinajstić information content (AvgIpc) is 3.23.